The van der Waals surface area contributed by atoms with Crippen LogP contribution in [0.3, 0.4) is 0 Å². The van der Waals surface area contributed by atoms with Crippen molar-refractivity contribution in [2.24, 2.45) is 0 Å². The molecule has 0 heterocycles. The van der Waals surface area contributed by atoms with Crippen molar-refractivity contribution in [1.82, 2.24) is 0 Å². The second-order valence-corrected chi connectivity index (χ2v) is 4.85. The SMILES string of the molecule is O=C(O)C(Nc1ccccc1)c1cccc2ccccc12. The second kappa shape index (κ2) is 5.67. The van der Waals surface area contributed by atoms with E-state index in [1.54, 1.807) is 0 Å². The Morgan fingerprint density at radius 2 is 1.52 bits per heavy atom. The zero-order chi connectivity index (χ0) is 14.7. The van der Waals surface area contributed by atoms with Crippen LogP contribution in [0.4, 0.5) is 5.69 Å². The summed E-state index contributed by atoms with van der Waals surface area (Å²) in [6.07, 6.45) is 0. The predicted molar refractivity (Wildman–Crippen MR) is 84.4 cm³/mol. The van der Waals surface area contributed by atoms with E-state index in [2.05, 4.69) is 5.32 Å². The van der Waals surface area contributed by atoms with Gasteiger partial charge in [0.05, 0.1) is 0 Å². The van der Waals surface area contributed by atoms with Gasteiger partial charge in [-0.1, -0.05) is 60.7 Å². The normalized spacial score (nSPS) is 12.0. The Bertz CT molecular complexity index is 763. The number of para-hydroxylation sites is 1. The summed E-state index contributed by atoms with van der Waals surface area (Å²) in [5.74, 6) is -0.893. The quantitative estimate of drug-likeness (QED) is 0.755. The monoisotopic (exact) mass is 277 g/mol. The molecule has 0 aliphatic carbocycles. The molecule has 0 fully saturated rings. The minimum absolute atomic E-state index is 0.768. The molecule has 0 radical (unpaired) electrons. The molecule has 3 heteroatoms. The van der Waals surface area contributed by atoms with Crippen molar-refractivity contribution in [3.63, 3.8) is 0 Å². The van der Waals surface area contributed by atoms with E-state index >= 15 is 0 Å². The average molecular weight is 277 g/mol. The number of benzene rings is 3. The molecular formula is C18H15NO2. The number of rotatable bonds is 4. The van der Waals surface area contributed by atoms with Crippen LogP contribution in [0.5, 0.6) is 0 Å². The van der Waals surface area contributed by atoms with Crippen molar-refractivity contribution < 1.29 is 9.90 Å². The third-order valence-electron chi connectivity index (χ3n) is 3.47. The lowest BCUT2D eigenvalue weighted by Gasteiger charge is -2.18. The Morgan fingerprint density at radius 1 is 0.857 bits per heavy atom. The first-order chi connectivity index (χ1) is 10.3. The van der Waals surface area contributed by atoms with Crippen LogP contribution in [-0.4, -0.2) is 11.1 Å². The van der Waals surface area contributed by atoms with E-state index < -0.39 is 12.0 Å². The molecule has 0 spiro atoms. The van der Waals surface area contributed by atoms with Crippen molar-refractivity contribution >= 4 is 22.4 Å². The maximum atomic E-state index is 11.7. The Morgan fingerprint density at radius 3 is 2.29 bits per heavy atom. The molecule has 2 N–H and O–H groups in total. The van der Waals surface area contributed by atoms with Gasteiger partial charge in [0.1, 0.15) is 0 Å². The fourth-order valence-corrected chi connectivity index (χ4v) is 2.48. The molecule has 21 heavy (non-hydrogen) atoms. The molecule has 0 aliphatic heterocycles. The Hall–Kier alpha value is -2.81. The highest BCUT2D eigenvalue weighted by atomic mass is 16.4. The molecule has 3 aromatic rings. The van der Waals surface area contributed by atoms with Crippen molar-refractivity contribution in [3.05, 3.63) is 78.4 Å². The van der Waals surface area contributed by atoms with Crippen LogP contribution >= 0.6 is 0 Å². The fourth-order valence-electron chi connectivity index (χ4n) is 2.48. The van der Waals surface area contributed by atoms with Crippen LogP contribution in [0.25, 0.3) is 10.8 Å². The molecule has 3 nitrogen and oxygen atoms in total. The number of anilines is 1. The Balaban J connectivity index is 2.06. The summed E-state index contributed by atoms with van der Waals surface area (Å²) in [7, 11) is 0. The van der Waals surface area contributed by atoms with E-state index in [0.717, 1.165) is 22.0 Å². The van der Waals surface area contributed by atoms with Gasteiger partial charge in [0, 0.05) is 5.69 Å². The number of hydrogen-bond donors (Lipinski definition) is 2. The highest BCUT2D eigenvalue weighted by molar-refractivity contribution is 5.91. The summed E-state index contributed by atoms with van der Waals surface area (Å²) in [6.45, 7) is 0. The molecule has 0 aromatic heterocycles. The Kier molecular flexibility index (Phi) is 3.56. The van der Waals surface area contributed by atoms with Gasteiger partial charge < -0.3 is 10.4 Å². The summed E-state index contributed by atoms with van der Waals surface area (Å²) >= 11 is 0. The second-order valence-electron chi connectivity index (χ2n) is 4.85. The molecule has 0 aliphatic rings. The number of carbonyl (C=O) groups is 1. The number of hydrogen-bond acceptors (Lipinski definition) is 2. The zero-order valence-corrected chi connectivity index (χ0v) is 11.4. The van der Waals surface area contributed by atoms with Crippen molar-refractivity contribution in [3.8, 4) is 0 Å². The average Bonchev–Trinajstić information content (AvgIpc) is 2.53. The first-order valence-corrected chi connectivity index (χ1v) is 6.78. The first-order valence-electron chi connectivity index (χ1n) is 6.78. The summed E-state index contributed by atoms with van der Waals surface area (Å²) in [6, 6.07) is 22.2. The topological polar surface area (TPSA) is 49.3 Å². The van der Waals surface area contributed by atoms with Crippen molar-refractivity contribution in [2.75, 3.05) is 5.32 Å². The van der Waals surface area contributed by atoms with Crippen LogP contribution in [0.2, 0.25) is 0 Å². The van der Waals surface area contributed by atoms with Crippen molar-refractivity contribution in [1.29, 1.82) is 0 Å². The standard InChI is InChI=1S/C18H15NO2/c20-18(21)17(19-14-9-2-1-3-10-14)16-12-6-8-13-7-4-5-11-15(13)16/h1-12,17,19H,(H,20,21). The van der Waals surface area contributed by atoms with Gasteiger partial charge in [-0.3, -0.25) is 0 Å². The smallest absolute Gasteiger partial charge is 0.330 e. The van der Waals surface area contributed by atoms with Crippen molar-refractivity contribution in [2.45, 2.75) is 6.04 Å². The van der Waals surface area contributed by atoms with Gasteiger partial charge in [-0.2, -0.15) is 0 Å². The van der Waals surface area contributed by atoms with E-state index in [1.165, 1.54) is 0 Å². The minimum Gasteiger partial charge on any atom is -0.479 e. The lowest BCUT2D eigenvalue weighted by molar-refractivity contribution is -0.138. The predicted octanol–water partition coefficient (Wildman–Crippen LogP) is 4.08. The number of carboxylic acid groups (broad SMARTS) is 1. The molecule has 1 atom stereocenters. The molecule has 104 valence electrons. The van der Waals surface area contributed by atoms with Crippen LogP contribution < -0.4 is 5.32 Å². The highest BCUT2D eigenvalue weighted by Gasteiger charge is 2.21. The third-order valence-corrected chi connectivity index (χ3v) is 3.47. The number of carboxylic acids is 1. The molecule has 1 unspecified atom stereocenters. The zero-order valence-electron chi connectivity index (χ0n) is 11.4. The lowest BCUT2D eigenvalue weighted by Crippen LogP contribution is -2.20. The van der Waals surface area contributed by atoms with Crippen LogP contribution in [0.1, 0.15) is 11.6 Å². The molecule has 0 bridgehead atoms. The van der Waals surface area contributed by atoms with E-state index in [-0.39, 0.29) is 0 Å². The molecule has 0 saturated heterocycles. The largest absolute Gasteiger partial charge is 0.479 e. The third kappa shape index (κ3) is 2.72. The lowest BCUT2D eigenvalue weighted by atomic mass is 9.98. The summed E-state index contributed by atoms with van der Waals surface area (Å²) in [5, 5.41) is 14.7. The first kappa shape index (κ1) is 13.2. The molecule has 0 amide bonds. The highest BCUT2D eigenvalue weighted by Crippen LogP contribution is 2.27. The summed E-state index contributed by atoms with van der Waals surface area (Å²) < 4.78 is 0. The van der Waals surface area contributed by atoms with Gasteiger partial charge in [0.25, 0.3) is 0 Å². The van der Waals surface area contributed by atoms with Gasteiger partial charge in [-0.25, -0.2) is 4.79 Å². The van der Waals surface area contributed by atoms with E-state index in [1.807, 2.05) is 72.8 Å². The van der Waals surface area contributed by atoms with E-state index in [4.69, 9.17) is 0 Å². The van der Waals surface area contributed by atoms with Gasteiger partial charge in [0.2, 0.25) is 0 Å². The van der Waals surface area contributed by atoms with Gasteiger partial charge in [-0.05, 0) is 28.5 Å². The number of nitrogens with one attached hydrogen (secondary N) is 1. The molecule has 0 saturated carbocycles. The van der Waals surface area contributed by atoms with Gasteiger partial charge >= 0.3 is 5.97 Å². The maximum Gasteiger partial charge on any atom is 0.330 e. The van der Waals surface area contributed by atoms with Crippen LogP contribution in [0, 0.1) is 0 Å². The summed E-state index contributed by atoms with van der Waals surface area (Å²) in [5.41, 5.74) is 1.56. The minimum atomic E-state index is -0.893. The van der Waals surface area contributed by atoms with Gasteiger partial charge in [-0.15, -0.1) is 0 Å². The van der Waals surface area contributed by atoms with Crippen LogP contribution in [0.15, 0.2) is 72.8 Å². The van der Waals surface area contributed by atoms with Gasteiger partial charge in [0.15, 0.2) is 6.04 Å². The number of aliphatic carboxylic acids is 1. The van der Waals surface area contributed by atoms with E-state index in [9.17, 15) is 9.90 Å². The fraction of sp³-hybridized carbons (Fsp3) is 0.0556. The van der Waals surface area contributed by atoms with E-state index in [0.29, 0.717) is 0 Å². The molecule has 3 rings (SSSR count). The maximum absolute atomic E-state index is 11.7. The number of fused-ring (bicyclic) bond motifs is 1. The Labute approximate surface area is 122 Å². The molecular weight excluding hydrogens is 262 g/mol. The summed E-state index contributed by atoms with van der Waals surface area (Å²) in [4.78, 5) is 11.7. The van der Waals surface area contributed by atoms with Crippen LogP contribution in [-0.2, 0) is 4.79 Å². The molecule has 3 aromatic carbocycles.